The number of pyridine rings is 1. The second kappa shape index (κ2) is 8.74. The minimum Gasteiger partial charge on any atom is -0.364 e. The molecule has 3 heterocycles. The Hall–Kier alpha value is -1.82. The summed E-state index contributed by atoms with van der Waals surface area (Å²) in [7, 11) is 1.95. The van der Waals surface area contributed by atoms with Gasteiger partial charge in [0.2, 0.25) is 0 Å². The highest BCUT2D eigenvalue weighted by Gasteiger charge is 2.31. The molecule has 1 saturated heterocycles. The largest absolute Gasteiger partial charge is 0.364 e. The molecule has 5 nitrogen and oxygen atoms in total. The van der Waals surface area contributed by atoms with Gasteiger partial charge in [0.25, 0.3) is 0 Å². The van der Waals surface area contributed by atoms with Crippen molar-refractivity contribution in [2.75, 3.05) is 24.5 Å². The van der Waals surface area contributed by atoms with Gasteiger partial charge in [-0.2, -0.15) is 0 Å². The zero-order chi connectivity index (χ0) is 21.4. The maximum Gasteiger partial charge on any atom is 0.163 e. The van der Waals surface area contributed by atoms with Gasteiger partial charge in [0.1, 0.15) is 10.7 Å². The average Bonchev–Trinajstić information content (AvgIpc) is 3.07. The first-order chi connectivity index (χ1) is 14.3. The molecule has 1 fully saturated rings. The molecule has 2 unspecified atom stereocenters. The standard InChI is InChI=1S/C23H29Cl2N5/c1-15(2)11-19(17-5-7-18(24)8-6-17)29-9-10-30(16(3)13-29)20-12-21(25)27-23-22(20)26-14-28(23)4/h5-8,12,14-16,19H,9-11,13H2,1-4H3. The first-order valence-electron chi connectivity index (χ1n) is 10.6. The number of piperazine rings is 1. The van der Waals surface area contributed by atoms with Crippen LogP contribution in [0, 0.1) is 5.92 Å². The Kier molecular flexibility index (Phi) is 6.24. The van der Waals surface area contributed by atoms with Crippen LogP contribution in [-0.2, 0) is 7.05 Å². The maximum absolute atomic E-state index is 6.35. The zero-order valence-corrected chi connectivity index (χ0v) is 19.5. The summed E-state index contributed by atoms with van der Waals surface area (Å²) < 4.78 is 1.92. The molecule has 2 aromatic heterocycles. The normalized spacial score (nSPS) is 19.0. The molecule has 2 atom stereocenters. The highest BCUT2D eigenvalue weighted by Crippen LogP contribution is 2.34. The highest BCUT2D eigenvalue weighted by molar-refractivity contribution is 6.30. The van der Waals surface area contributed by atoms with E-state index in [9.17, 15) is 0 Å². The number of rotatable bonds is 5. The molecule has 0 amide bonds. The Labute approximate surface area is 188 Å². The third kappa shape index (κ3) is 4.29. The number of hydrogen-bond acceptors (Lipinski definition) is 4. The summed E-state index contributed by atoms with van der Waals surface area (Å²) in [5.41, 5.74) is 4.15. The van der Waals surface area contributed by atoms with E-state index in [1.807, 2.05) is 29.8 Å². The molecule has 0 saturated carbocycles. The van der Waals surface area contributed by atoms with Gasteiger partial charge in [-0.15, -0.1) is 0 Å². The van der Waals surface area contributed by atoms with Gasteiger partial charge >= 0.3 is 0 Å². The van der Waals surface area contributed by atoms with E-state index in [1.165, 1.54) is 5.56 Å². The smallest absolute Gasteiger partial charge is 0.163 e. The second-order valence-corrected chi connectivity index (χ2v) is 9.55. The van der Waals surface area contributed by atoms with Gasteiger partial charge in [0.05, 0.1) is 12.0 Å². The average molecular weight is 446 g/mol. The molecule has 1 aromatic carbocycles. The third-order valence-electron chi connectivity index (χ3n) is 5.98. The molecule has 0 bridgehead atoms. The van der Waals surface area contributed by atoms with Crippen LogP contribution in [0.15, 0.2) is 36.7 Å². The molecular weight excluding hydrogens is 417 g/mol. The van der Waals surface area contributed by atoms with Crippen LogP contribution < -0.4 is 4.90 Å². The molecule has 160 valence electrons. The van der Waals surface area contributed by atoms with Gasteiger partial charge < -0.3 is 9.47 Å². The van der Waals surface area contributed by atoms with Crippen molar-refractivity contribution in [2.24, 2.45) is 13.0 Å². The summed E-state index contributed by atoms with van der Waals surface area (Å²) in [5.74, 6) is 0.617. The number of aryl methyl sites for hydroxylation is 1. The van der Waals surface area contributed by atoms with Gasteiger partial charge in [0, 0.05) is 49.9 Å². The van der Waals surface area contributed by atoms with E-state index in [4.69, 9.17) is 23.2 Å². The van der Waals surface area contributed by atoms with Crippen molar-refractivity contribution in [1.29, 1.82) is 0 Å². The minimum atomic E-state index is 0.337. The lowest BCUT2D eigenvalue weighted by Gasteiger charge is -2.45. The molecular formula is C23H29Cl2N5. The van der Waals surface area contributed by atoms with Gasteiger partial charge in [-0.1, -0.05) is 49.2 Å². The Bertz CT molecular complexity index is 1010. The van der Waals surface area contributed by atoms with Gasteiger partial charge in [-0.05, 0) is 37.0 Å². The molecule has 0 aliphatic carbocycles. The van der Waals surface area contributed by atoms with Crippen LogP contribution in [-0.4, -0.2) is 45.1 Å². The van der Waals surface area contributed by atoms with E-state index >= 15 is 0 Å². The number of aromatic nitrogens is 3. The molecule has 3 aromatic rings. The predicted octanol–water partition coefficient (Wildman–Crippen LogP) is 5.57. The van der Waals surface area contributed by atoms with E-state index in [0.29, 0.717) is 23.2 Å². The van der Waals surface area contributed by atoms with Gasteiger partial charge in [-0.3, -0.25) is 4.90 Å². The Morgan fingerprint density at radius 1 is 1.13 bits per heavy atom. The van der Waals surface area contributed by atoms with Crippen molar-refractivity contribution in [3.8, 4) is 0 Å². The van der Waals surface area contributed by atoms with Crippen LogP contribution in [0.1, 0.15) is 38.8 Å². The molecule has 0 N–H and O–H groups in total. The maximum atomic E-state index is 6.35. The summed E-state index contributed by atoms with van der Waals surface area (Å²) in [5, 5.41) is 1.30. The number of nitrogens with zero attached hydrogens (tertiary/aromatic N) is 5. The highest BCUT2D eigenvalue weighted by atomic mass is 35.5. The van der Waals surface area contributed by atoms with E-state index in [0.717, 1.165) is 47.9 Å². The molecule has 7 heteroatoms. The number of benzene rings is 1. The van der Waals surface area contributed by atoms with Crippen molar-refractivity contribution in [3.05, 3.63) is 52.4 Å². The summed E-state index contributed by atoms with van der Waals surface area (Å²) in [4.78, 5) is 14.1. The van der Waals surface area contributed by atoms with Crippen molar-refractivity contribution >= 4 is 40.1 Å². The molecule has 30 heavy (non-hydrogen) atoms. The molecule has 4 rings (SSSR count). The van der Waals surface area contributed by atoms with Crippen LogP contribution >= 0.6 is 23.2 Å². The SMILES string of the molecule is CC(C)CC(c1ccc(Cl)cc1)N1CCN(c2cc(Cl)nc3c2ncn3C)C(C)C1. The Morgan fingerprint density at radius 3 is 2.53 bits per heavy atom. The number of anilines is 1. The van der Waals surface area contributed by atoms with Crippen molar-refractivity contribution in [1.82, 2.24) is 19.4 Å². The van der Waals surface area contributed by atoms with Crippen molar-refractivity contribution in [2.45, 2.75) is 39.3 Å². The van der Waals surface area contributed by atoms with E-state index in [-0.39, 0.29) is 0 Å². The number of hydrogen-bond donors (Lipinski definition) is 0. The van der Waals surface area contributed by atoms with Crippen LogP contribution in [0.5, 0.6) is 0 Å². The van der Waals surface area contributed by atoms with Gasteiger partial charge in [-0.25, -0.2) is 9.97 Å². The quantitative estimate of drug-likeness (QED) is 0.480. The first-order valence-corrected chi connectivity index (χ1v) is 11.3. The summed E-state index contributed by atoms with van der Waals surface area (Å²) >= 11 is 12.5. The Balaban J connectivity index is 1.59. The summed E-state index contributed by atoms with van der Waals surface area (Å²) in [6, 6.07) is 11.0. The summed E-state index contributed by atoms with van der Waals surface area (Å²) in [6.45, 7) is 9.75. The van der Waals surface area contributed by atoms with Crippen LogP contribution in [0.4, 0.5) is 5.69 Å². The van der Waals surface area contributed by atoms with E-state index < -0.39 is 0 Å². The number of halogens is 2. The van der Waals surface area contributed by atoms with E-state index in [2.05, 4.69) is 52.7 Å². The van der Waals surface area contributed by atoms with Crippen molar-refractivity contribution in [3.63, 3.8) is 0 Å². The fourth-order valence-electron chi connectivity index (χ4n) is 4.52. The van der Waals surface area contributed by atoms with Crippen LogP contribution in [0.2, 0.25) is 10.2 Å². The van der Waals surface area contributed by atoms with Crippen molar-refractivity contribution < 1.29 is 0 Å². The predicted molar refractivity (Wildman–Crippen MR) is 126 cm³/mol. The molecule has 1 aliphatic rings. The minimum absolute atomic E-state index is 0.337. The number of fused-ring (bicyclic) bond motifs is 1. The van der Waals surface area contributed by atoms with Gasteiger partial charge in [0.15, 0.2) is 5.65 Å². The van der Waals surface area contributed by atoms with Crippen LogP contribution in [0.25, 0.3) is 11.2 Å². The number of imidazole rings is 1. The fourth-order valence-corrected chi connectivity index (χ4v) is 4.83. The topological polar surface area (TPSA) is 37.2 Å². The molecule has 1 aliphatic heterocycles. The Morgan fingerprint density at radius 2 is 1.87 bits per heavy atom. The lowest BCUT2D eigenvalue weighted by atomic mass is 9.94. The van der Waals surface area contributed by atoms with E-state index in [1.54, 1.807) is 6.33 Å². The lowest BCUT2D eigenvalue weighted by Crippen LogP contribution is -2.53. The first kappa shape index (κ1) is 21.4. The third-order valence-corrected chi connectivity index (χ3v) is 6.42. The second-order valence-electron chi connectivity index (χ2n) is 8.73. The molecule has 0 radical (unpaired) electrons. The van der Waals surface area contributed by atoms with Crippen LogP contribution in [0.3, 0.4) is 0 Å². The zero-order valence-electron chi connectivity index (χ0n) is 18.0. The fraction of sp³-hybridized carbons (Fsp3) is 0.478. The summed E-state index contributed by atoms with van der Waals surface area (Å²) in [6.07, 6.45) is 2.93. The molecule has 0 spiro atoms. The lowest BCUT2D eigenvalue weighted by molar-refractivity contribution is 0.146. The monoisotopic (exact) mass is 445 g/mol.